The lowest BCUT2D eigenvalue weighted by Crippen LogP contribution is -2.30. The number of aromatic nitrogens is 2. The molecule has 0 saturated carbocycles. The molecule has 0 aliphatic rings. The van der Waals surface area contributed by atoms with E-state index in [0.29, 0.717) is 16.7 Å². The highest BCUT2D eigenvalue weighted by Gasteiger charge is 2.18. The predicted octanol–water partition coefficient (Wildman–Crippen LogP) is 4.54. The zero-order valence-electron chi connectivity index (χ0n) is 15.2. The highest BCUT2D eigenvalue weighted by molar-refractivity contribution is 7.10. The molecule has 0 saturated heterocycles. The average molecular weight is 367 g/mol. The lowest BCUT2D eigenvalue weighted by Gasteiger charge is -2.16. The first-order valence-electron chi connectivity index (χ1n) is 8.38. The first kappa shape index (κ1) is 18.1. The molecule has 0 radical (unpaired) electrons. The summed E-state index contributed by atoms with van der Waals surface area (Å²) in [5.74, 6) is 1.07. The summed E-state index contributed by atoms with van der Waals surface area (Å²) in [5.41, 5.74) is 4.26. The lowest BCUT2D eigenvalue weighted by molar-refractivity contribution is -0.122. The van der Waals surface area contributed by atoms with Crippen LogP contribution >= 0.6 is 11.5 Å². The van der Waals surface area contributed by atoms with Crippen LogP contribution in [-0.2, 0) is 4.79 Å². The Labute approximate surface area is 157 Å². The van der Waals surface area contributed by atoms with Gasteiger partial charge in [0, 0.05) is 17.1 Å². The highest BCUT2D eigenvalue weighted by atomic mass is 32.1. The van der Waals surface area contributed by atoms with Crippen molar-refractivity contribution in [3.63, 3.8) is 0 Å². The smallest absolute Gasteiger partial charge is 0.266 e. The third-order valence-corrected chi connectivity index (χ3v) is 4.82. The van der Waals surface area contributed by atoms with Gasteiger partial charge in [0.15, 0.2) is 11.9 Å². The van der Waals surface area contributed by atoms with Gasteiger partial charge in [0.25, 0.3) is 5.91 Å². The second kappa shape index (κ2) is 7.66. The van der Waals surface area contributed by atoms with Gasteiger partial charge in [-0.3, -0.25) is 10.1 Å². The first-order valence-corrected chi connectivity index (χ1v) is 9.16. The molecule has 26 heavy (non-hydrogen) atoms. The van der Waals surface area contributed by atoms with Crippen LogP contribution in [0, 0.1) is 20.8 Å². The summed E-state index contributed by atoms with van der Waals surface area (Å²) >= 11 is 1.16. The molecule has 0 bridgehead atoms. The van der Waals surface area contributed by atoms with Crippen LogP contribution < -0.4 is 10.1 Å². The van der Waals surface area contributed by atoms with Gasteiger partial charge in [-0.25, -0.2) is 0 Å². The standard InChI is InChI=1S/C20H21N3O2S/c1-12-8-10-16(11-9-12)18-21-20(26-23-18)22-19(24)15(4)25-17-7-5-6-13(2)14(17)3/h5-11,15H,1-4H3,(H,21,22,23,24)/t15-/m0/s1. The molecule has 3 aromatic rings. The molecule has 2 aromatic carbocycles. The fraction of sp³-hybridized carbons (Fsp3) is 0.250. The summed E-state index contributed by atoms with van der Waals surface area (Å²) in [7, 11) is 0. The molecule has 134 valence electrons. The summed E-state index contributed by atoms with van der Waals surface area (Å²) in [6.45, 7) is 7.74. The summed E-state index contributed by atoms with van der Waals surface area (Å²) in [6.07, 6.45) is -0.637. The molecule has 0 fully saturated rings. The van der Waals surface area contributed by atoms with Crippen molar-refractivity contribution < 1.29 is 9.53 Å². The summed E-state index contributed by atoms with van der Waals surface area (Å²) < 4.78 is 10.1. The first-order chi connectivity index (χ1) is 12.4. The van der Waals surface area contributed by atoms with Gasteiger partial charge in [-0.2, -0.15) is 9.36 Å². The van der Waals surface area contributed by atoms with Gasteiger partial charge in [-0.05, 0) is 44.9 Å². The molecule has 5 nitrogen and oxygen atoms in total. The zero-order valence-corrected chi connectivity index (χ0v) is 16.1. The number of anilines is 1. The van der Waals surface area contributed by atoms with E-state index in [-0.39, 0.29) is 5.91 Å². The molecular weight excluding hydrogens is 346 g/mol. The maximum absolute atomic E-state index is 12.4. The normalized spacial score (nSPS) is 11.8. The van der Waals surface area contributed by atoms with Crippen LogP contribution in [0.5, 0.6) is 5.75 Å². The van der Waals surface area contributed by atoms with Gasteiger partial charge in [-0.15, -0.1) is 0 Å². The Bertz CT molecular complexity index is 919. The van der Waals surface area contributed by atoms with Crippen molar-refractivity contribution in [1.82, 2.24) is 9.36 Å². The Morgan fingerprint density at radius 2 is 1.85 bits per heavy atom. The van der Waals surface area contributed by atoms with E-state index in [2.05, 4.69) is 14.7 Å². The number of carbonyl (C=O) groups excluding carboxylic acids is 1. The van der Waals surface area contributed by atoms with E-state index < -0.39 is 6.10 Å². The third kappa shape index (κ3) is 4.08. The van der Waals surface area contributed by atoms with Gasteiger partial charge < -0.3 is 4.74 Å². The number of hydrogen-bond donors (Lipinski definition) is 1. The van der Waals surface area contributed by atoms with E-state index in [0.717, 1.165) is 28.2 Å². The second-order valence-electron chi connectivity index (χ2n) is 6.24. The molecule has 3 rings (SSSR count). The fourth-order valence-corrected chi connectivity index (χ4v) is 2.99. The van der Waals surface area contributed by atoms with Crippen LogP contribution in [0.2, 0.25) is 0 Å². The number of carbonyl (C=O) groups is 1. The van der Waals surface area contributed by atoms with Gasteiger partial charge >= 0.3 is 0 Å². The molecule has 6 heteroatoms. The van der Waals surface area contributed by atoms with Crippen molar-refractivity contribution in [2.45, 2.75) is 33.8 Å². The summed E-state index contributed by atoms with van der Waals surface area (Å²) in [4.78, 5) is 16.8. The van der Waals surface area contributed by atoms with Crippen molar-refractivity contribution in [3.05, 3.63) is 59.2 Å². The number of nitrogens with one attached hydrogen (secondary N) is 1. The van der Waals surface area contributed by atoms with Crippen LogP contribution in [0.15, 0.2) is 42.5 Å². The summed E-state index contributed by atoms with van der Waals surface area (Å²) in [6, 6.07) is 13.8. The molecule has 0 aliphatic heterocycles. The average Bonchev–Trinajstić information content (AvgIpc) is 3.08. The molecule has 0 spiro atoms. The number of aryl methyl sites for hydroxylation is 2. The lowest BCUT2D eigenvalue weighted by atomic mass is 10.1. The highest BCUT2D eigenvalue weighted by Crippen LogP contribution is 2.23. The van der Waals surface area contributed by atoms with Crippen molar-refractivity contribution in [1.29, 1.82) is 0 Å². The fourth-order valence-electron chi connectivity index (χ4n) is 2.40. The van der Waals surface area contributed by atoms with Crippen molar-refractivity contribution in [3.8, 4) is 17.1 Å². The van der Waals surface area contributed by atoms with Gasteiger partial charge in [0.05, 0.1) is 0 Å². The number of nitrogens with zero attached hydrogens (tertiary/aromatic N) is 2. The van der Waals surface area contributed by atoms with Crippen LogP contribution in [0.1, 0.15) is 23.6 Å². The number of benzene rings is 2. The van der Waals surface area contributed by atoms with Crippen LogP contribution in [0.25, 0.3) is 11.4 Å². The van der Waals surface area contributed by atoms with E-state index in [1.807, 2.05) is 63.2 Å². The molecular formula is C20H21N3O2S. The molecule has 1 amide bonds. The van der Waals surface area contributed by atoms with Crippen LogP contribution in [0.4, 0.5) is 5.13 Å². The van der Waals surface area contributed by atoms with Gasteiger partial charge in [-0.1, -0.05) is 42.0 Å². The zero-order chi connectivity index (χ0) is 18.7. The molecule has 0 unspecified atom stereocenters. The number of rotatable bonds is 5. The Hall–Kier alpha value is -2.73. The molecule has 1 heterocycles. The Kier molecular flexibility index (Phi) is 5.32. The molecule has 1 aromatic heterocycles. The SMILES string of the molecule is Cc1ccc(-c2nsc(NC(=O)[C@H](C)Oc3cccc(C)c3C)n2)cc1. The minimum Gasteiger partial charge on any atom is -0.481 e. The Morgan fingerprint density at radius 3 is 2.58 bits per heavy atom. The summed E-state index contributed by atoms with van der Waals surface area (Å²) in [5, 5.41) is 3.24. The number of hydrogen-bond acceptors (Lipinski definition) is 5. The quantitative estimate of drug-likeness (QED) is 0.719. The number of ether oxygens (including phenoxy) is 1. The maximum Gasteiger partial charge on any atom is 0.266 e. The number of amides is 1. The maximum atomic E-state index is 12.4. The van der Waals surface area contributed by atoms with E-state index in [1.54, 1.807) is 6.92 Å². The van der Waals surface area contributed by atoms with Crippen LogP contribution in [-0.4, -0.2) is 21.4 Å². The van der Waals surface area contributed by atoms with Crippen molar-refractivity contribution in [2.24, 2.45) is 0 Å². The van der Waals surface area contributed by atoms with E-state index in [9.17, 15) is 4.79 Å². The topological polar surface area (TPSA) is 64.1 Å². The minimum absolute atomic E-state index is 0.252. The van der Waals surface area contributed by atoms with E-state index >= 15 is 0 Å². The monoisotopic (exact) mass is 367 g/mol. The minimum atomic E-state index is -0.637. The van der Waals surface area contributed by atoms with Gasteiger partial charge in [0.2, 0.25) is 5.13 Å². The van der Waals surface area contributed by atoms with E-state index in [1.165, 1.54) is 5.56 Å². The second-order valence-corrected chi connectivity index (χ2v) is 6.99. The van der Waals surface area contributed by atoms with Crippen LogP contribution in [0.3, 0.4) is 0 Å². The molecule has 1 atom stereocenters. The van der Waals surface area contributed by atoms with Crippen molar-refractivity contribution in [2.75, 3.05) is 5.32 Å². The predicted molar refractivity (Wildman–Crippen MR) is 105 cm³/mol. The Morgan fingerprint density at radius 1 is 1.12 bits per heavy atom. The van der Waals surface area contributed by atoms with Gasteiger partial charge in [0.1, 0.15) is 5.75 Å². The molecule has 0 aliphatic carbocycles. The molecule has 1 N–H and O–H groups in total. The van der Waals surface area contributed by atoms with E-state index in [4.69, 9.17) is 4.74 Å². The van der Waals surface area contributed by atoms with Crippen molar-refractivity contribution >= 4 is 22.6 Å². The third-order valence-electron chi connectivity index (χ3n) is 4.19. The Balaban J connectivity index is 1.66. The largest absolute Gasteiger partial charge is 0.481 e.